The largest absolute Gasteiger partial charge is 0.330 e. The van der Waals surface area contributed by atoms with E-state index in [0.29, 0.717) is 12.6 Å². The van der Waals surface area contributed by atoms with Crippen LogP contribution in [-0.4, -0.2) is 40.2 Å². The fraction of sp³-hybridized carbons (Fsp3) is 0.714. The maximum absolute atomic E-state index is 11.9. The highest BCUT2D eigenvalue weighted by Gasteiger charge is 2.15. The topological polar surface area (TPSA) is 59.3 Å². The minimum Gasteiger partial charge on any atom is -0.313 e. The number of nitrogens with zero attached hydrogens (tertiary/aromatic N) is 3. The summed E-state index contributed by atoms with van der Waals surface area (Å²) in [6, 6.07) is 2.06. The van der Waals surface area contributed by atoms with Crippen molar-refractivity contribution >= 4 is 0 Å². The first-order valence-corrected chi connectivity index (χ1v) is 7.17. The molecule has 112 valence electrons. The van der Waals surface area contributed by atoms with Crippen LogP contribution in [0.4, 0.5) is 0 Å². The molecule has 0 aliphatic carbocycles. The Morgan fingerprint density at radius 1 is 1.30 bits per heavy atom. The molecule has 1 aromatic heterocycles. The van der Waals surface area contributed by atoms with Crippen LogP contribution in [0.15, 0.2) is 15.7 Å². The molecule has 1 fully saturated rings. The smallest absolute Gasteiger partial charge is 0.313 e. The van der Waals surface area contributed by atoms with Gasteiger partial charge in [0.15, 0.2) is 0 Å². The average Bonchev–Trinajstić information content (AvgIpc) is 2.43. The van der Waals surface area contributed by atoms with Crippen LogP contribution in [0.1, 0.15) is 25.0 Å². The number of rotatable bonds is 4. The van der Waals surface area contributed by atoms with E-state index in [1.165, 1.54) is 26.3 Å². The van der Waals surface area contributed by atoms with Crippen molar-refractivity contribution in [2.75, 3.05) is 20.1 Å². The lowest BCUT2D eigenvalue weighted by Gasteiger charge is -2.28. The van der Waals surface area contributed by atoms with Gasteiger partial charge in [-0.1, -0.05) is 6.42 Å². The van der Waals surface area contributed by atoms with Gasteiger partial charge in [-0.2, -0.15) is 0 Å². The fourth-order valence-electron chi connectivity index (χ4n) is 2.73. The van der Waals surface area contributed by atoms with E-state index in [0.717, 1.165) is 23.4 Å². The van der Waals surface area contributed by atoms with E-state index in [4.69, 9.17) is 0 Å². The molecular weight excluding hydrogens is 256 g/mol. The number of likely N-dealkylation sites (N-methyl/N-ethyl adjacent to an activating group) is 1. The Balaban J connectivity index is 2.06. The number of aromatic nitrogens is 2. The molecule has 1 unspecified atom stereocenters. The van der Waals surface area contributed by atoms with E-state index < -0.39 is 0 Å². The first-order valence-electron chi connectivity index (χ1n) is 7.17. The van der Waals surface area contributed by atoms with Crippen LogP contribution in [0.5, 0.6) is 0 Å². The lowest BCUT2D eigenvalue weighted by molar-refractivity contribution is 0.251. The molecule has 0 radical (unpaired) electrons. The summed E-state index contributed by atoms with van der Waals surface area (Å²) in [4.78, 5) is 25.7. The minimum absolute atomic E-state index is 0.243. The average molecular weight is 280 g/mol. The van der Waals surface area contributed by atoms with Gasteiger partial charge in [-0.05, 0) is 26.4 Å². The predicted molar refractivity (Wildman–Crippen MR) is 78.9 cm³/mol. The third-order valence-corrected chi connectivity index (χ3v) is 4.00. The van der Waals surface area contributed by atoms with E-state index in [-0.39, 0.29) is 11.2 Å². The fourth-order valence-corrected chi connectivity index (χ4v) is 2.73. The lowest BCUT2D eigenvalue weighted by atomic mass is 10.0. The molecule has 6 heteroatoms. The molecule has 1 aliphatic rings. The molecule has 1 atom stereocenters. The van der Waals surface area contributed by atoms with Crippen LogP contribution in [0.2, 0.25) is 0 Å². The molecule has 0 saturated carbocycles. The standard InChI is InChI=1S/C14H24N4O2/c1-16(9-11-6-4-5-7-15-11)10-12-8-13(19)18(3)14(20)17(12)2/h8,11,15H,4-7,9-10H2,1-3H3. The molecule has 20 heavy (non-hydrogen) atoms. The van der Waals surface area contributed by atoms with Crippen molar-refractivity contribution in [3.8, 4) is 0 Å². The van der Waals surface area contributed by atoms with Gasteiger partial charge >= 0.3 is 5.69 Å². The number of piperidine rings is 1. The first kappa shape index (κ1) is 15.0. The summed E-state index contributed by atoms with van der Waals surface area (Å²) < 4.78 is 2.68. The van der Waals surface area contributed by atoms with Crippen LogP contribution in [0, 0.1) is 0 Å². The monoisotopic (exact) mass is 280 g/mol. The van der Waals surface area contributed by atoms with Crippen molar-refractivity contribution in [3.63, 3.8) is 0 Å². The summed E-state index contributed by atoms with van der Waals surface area (Å²) >= 11 is 0. The number of hydrogen-bond donors (Lipinski definition) is 1. The molecule has 2 rings (SSSR count). The SMILES string of the molecule is CN(Cc1cc(=O)n(C)c(=O)n1C)CC1CCCCN1. The molecule has 6 nitrogen and oxygen atoms in total. The van der Waals surface area contributed by atoms with Crippen molar-refractivity contribution in [2.45, 2.75) is 31.8 Å². The van der Waals surface area contributed by atoms with Crippen molar-refractivity contribution in [2.24, 2.45) is 14.1 Å². The highest BCUT2D eigenvalue weighted by atomic mass is 16.2. The Morgan fingerprint density at radius 2 is 2.05 bits per heavy atom. The molecule has 0 bridgehead atoms. The van der Waals surface area contributed by atoms with Crippen LogP contribution in [0.3, 0.4) is 0 Å². The highest BCUT2D eigenvalue weighted by molar-refractivity contribution is 5.02. The van der Waals surface area contributed by atoms with Gasteiger partial charge in [0.25, 0.3) is 5.56 Å². The molecule has 0 amide bonds. The molecule has 1 aliphatic heterocycles. The van der Waals surface area contributed by atoms with Gasteiger partial charge in [0.1, 0.15) is 0 Å². The summed E-state index contributed by atoms with van der Waals surface area (Å²) in [7, 11) is 5.24. The van der Waals surface area contributed by atoms with Crippen LogP contribution in [0.25, 0.3) is 0 Å². The minimum atomic E-state index is -0.267. The zero-order valence-electron chi connectivity index (χ0n) is 12.6. The van der Waals surface area contributed by atoms with Crippen LogP contribution in [-0.2, 0) is 20.6 Å². The van der Waals surface area contributed by atoms with Crippen LogP contribution >= 0.6 is 0 Å². The second-order valence-electron chi connectivity index (χ2n) is 5.72. The molecule has 0 spiro atoms. The second-order valence-corrected chi connectivity index (χ2v) is 5.72. The molecule has 1 saturated heterocycles. The van der Waals surface area contributed by atoms with Gasteiger partial charge in [0.2, 0.25) is 0 Å². The van der Waals surface area contributed by atoms with Gasteiger partial charge in [-0.15, -0.1) is 0 Å². The van der Waals surface area contributed by atoms with Crippen LogP contribution < -0.4 is 16.6 Å². The summed E-state index contributed by atoms with van der Waals surface area (Å²) in [5.74, 6) is 0. The number of nitrogens with one attached hydrogen (secondary N) is 1. The van der Waals surface area contributed by atoms with E-state index >= 15 is 0 Å². The Kier molecular flexibility index (Phi) is 4.77. The number of hydrogen-bond acceptors (Lipinski definition) is 4. The van der Waals surface area contributed by atoms with E-state index in [1.54, 1.807) is 17.7 Å². The van der Waals surface area contributed by atoms with E-state index in [9.17, 15) is 9.59 Å². The van der Waals surface area contributed by atoms with Crippen molar-refractivity contribution in [3.05, 3.63) is 32.6 Å². The van der Waals surface area contributed by atoms with Gasteiger partial charge in [-0.3, -0.25) is 18.8 Å². The Hall–Kier alpha value is -1.40. The maximum Gasteiger partial charge on any atom is 0.330 e. The maximum atomic E-state index is 11.9. The van der Waals surface area contributed by atoms with Gasteiger partial charge in [0.05, 0.1) is 0 Å². The Morgan fingerprint density at radius 3 is 2.70 bits per heavy atom. The zero-order chi connectivity index (χ0) is 14.7. The summed E-state index contributed by atoms with van der Waals surface area (Å²) in [5.41, 5.74) is 0.250. The molecule has 0 aromatic carbocycles. The molecular formula is C14H24N4O2. The van der Waals surface area contributed by atoms with Gasteiger partial charge < -0.3 is 5.32 Å². The summed E-state index contributed by atoms with van der Waals surface area (Å²) in [6.45, 7) is 2.63. The molecule has 1 N–H and O–H groups in total. The van der Waals surface area contributed by atoms with E-state index in [1.807, 2.05) is 7.05 Å². The quantitative estimate of drug-likeness (QED) is 0.819. The van der Waals surface area contributed by atoms with Crippen molar-refractivity contribution in [1.82, 2.24) is 19.4 Å². The van der Waals surface area contributed by atoms with Gasteiger partial charge in [0, 0.05) is 45.0 Å². The summed E-state index contributed by atoms with van der Waals surface area (Å²) in [5, 5.41) is 3.51. The first-order chi connectivity index (χ1) is 9.49. The zero-order valence-corrected chi connectivity index (χ0v) is 12.6. The Bertz CT molecular complexity index is 570. The van der Waals surface area contributed by atoms with Crippen molar-refractivity contribution in [1.29, 1.82) is 0 Å². The third kappa shape index (κ3) is 3.37. The third-order valence-electron chi connectivity index (χ3n) is 4.00. The van der Waals surface area contributed by atoms with Gasteiger partial charge in [-0.25, -0.2) is 4.79 Å². The Labute approximate surface area is 119 Å². The predicted octanol–water partition coefficient (Wildman–Crippen LogP) is -0.342. The molecule has 2 heterocycles. The summed E-state index contributed by atoms with van der Waals surface area (Å²) in [6.07, 6.45) is 3.72. The molecule has 1 aromatic rings. The highest BCUT2D eigenvalue weighted by Crippen LogP contribution is 2.09. The normalized spacial score (nSPS) is 19.5. The van der Waals surface area contributed by atoms with E-state index in [2.05, 4.69) is 10.2 Å². The van der Waals surface area contributed by atoms with Crippen molar-refractivity contribution < 1.29 is 0 Å². The lowest BCUT2D eigenvalue weighted by Crippen LogP contribution is -2.43. The second kappa shape index (κ2) is 6.37.